The Bertz CT molecular complexity index is 365. The van der Waals surface area contributed by atoms with Crippen molar-refractivity contribution in [2.75, 3.05) is 55.5 Å². The molecule has 0 radical (unpaired) electrons. The number of hydrogen-bond donors (Lipinski definition) is 2. The van der Waals surface area contributed by atoms with E-state index in [4.69, 9.17) is 9.47 Å². The van der Waals surface area contributed by atoms with E-state index in [9.17, 15) is 9.59 Å². The Morgan fingerprint density at radius 1 is 0.577 bits per heavy atom. The van der Waals surface area contributed by atoms with E-state index in [1.807, 2.05) is 42.3 Å². The maximum Gasteiger partial charge on any atom is 0.451 e. The van der Waals surface area contributed by atoms with Gasteiger partial charge in [0.05, 0.1) is 55.5 Å². The van der Waals surface area contributed by atoms with Crippen LogP contribution in [0.25, 0.3) is 0 Å². The van der Waals surface area contributed by atoms with Gasteiger partial charge in [-0.3, -0.25) is 0 Å². The van der Waals surface area contributed by atoms with Gasteiger partial charge in [0.2, 0.25) is 0 Å². The van der Waals surface area contributed by atoms with Gasteiger partial charge in [0.1, 0.15) is 0 Å². The summed E-state index contributed by atoms with van der Waals surface area (Å²) in [5.41, 5.74) is 5.43. The predicted octanol–water partition coefficient (Wildman–Crippen LogP) is 2.80. The van der Waals surface area contributed by atoms with Gasteiger partial charge in [-0.25, -0.2) is 18.8 Å². The highest BCUT2D eigenvalue weighted by Crippen LogP contribution is 2.09. The third kappa shape index (κ3) is 18.8. The molecule has 0 aliphatic carbocycles. The molecule has 8 heteroatoms. The van der Waals surface area contributed by atoms with Crippen LogP contribution < -0.4 is 10.9 Å². The normalized spacial score (nSPS) is 11.8. The van der Waals surface area contributed by atoms with Gasteiger partial charge in [-0.1, -0.05) is 38.5 Å². The Morgan fingerprint density at radius 3 is 1.12 bits per heavy atom. The molecule has 0 bridgehead atoms. The first-order valence-corrected chi connectivity index (χ1v) is 9.52. The molecule has 0 spiro atoms. The van der Waals surface area contributed by atoms with Gasteiger partial charge in [-0.15, -0.1) is 0 Å². The fraction of sp³-hybridized carbons (Fsp3) is 0.889. The summed E-state index contributed by atoms with van der Waals surface area (Å²) in [6.07, 6.45) is 7.91. The molecule has 0 atom stereocenters. The molecule has 0 saturated carbocycles. The van der Waals surface area contributed by atoms with Crippen LogP contribution in [0.1, 0.15) is 51.4 Å². The topological polar surface area (TPSA) is 76.7 Å². The van der Waals surface area contributed by atoms with E-state index in [-0.39, 0.29) is 12.2 Å². The van der Waals surface area contributed by atoms with Crippen LogP contribution in [0.15, 0.2) is 0 Å². The number of hydrogen-bond acceptors (Lipinski definition) is 4. The summed E-state index contributed by atoms with van der Waals surface area (Å²) in [6.45, 7) is 0.942. The molecular weight excluding hydrogens is 336 g/mol. The second kappa shape index (κ2) is 12.8. The zero-order valence-corrected chi connectivity index (χ0v) is 17.6. The van der Waals surface area contributed by atoms with E-state index in [1.165, 1.54) is 12.8 Å². The molecule has 0 fully saturated rings. The van der Waals surface area contributed by atoms with Crippen molar-refractivity contribution in [2.45, 2.75) is 51.4 Å². The van der Waals surface area contributed by atoms with Crippen molar-refractivity contribution in [3.8, 4) is 0 Å². The molecule has 0 saturated heterocycles. The third-order valence-electron chi connectivity index (χ3n) is 3.36. The van der Waals surface area contributed by atoms with E-state index < -0.39 is 0 Å². The lowest BCUT2D eigenvalue weighted by atomic mass is 10.1. The Labute approximate surface area is 158 Å². The molecule has 0 aliphatic rings. The molecule has 0 aromatic rings. The molecule has 0 rings (SSSR count). The summed E-state index contributed by atoms with van der Waals surface area (Å²) in [5, 5.41) is 0. The fourth-order valence-corrected chi connectivity index (χ4v) is 2.21. The molecule has 0 heterocycles. The lowest BCUT2D eigenvalue weighted by Crippen LogP contribution is -2.51. The maximum absolute atomic E-state index is 11.4. The summed E-state index contributed by atoms with van der Waals surface area (Å²) in [6, 6.07) is 0. The summed E-state index contributed by atoms with van der Waals surface area (Å²) in [5.74, 6) is 0. The Balaban J connectivity index is 3.32. The smallest absolute Gasteiger partial charge is 0.446 e. The zero-order valence-electron chi connectivity index (χ0n) is 17.6. The standard InChI is InChI=1S/C18H38N4O4/c1-21(2,3)19-17(23)25-15-13-11-9-7-8-10-12-14-16-26-18(24)20-22(4,5)6/h7-16H2,1-6H3/p+2. The van der Waals surface area contributed by atoms with Crippen LogP contribution in [0.4, 0.5) is 9.59 Å². The van der Waals surface area contributed by atoms with Gasteiger partial charge in [0.15, 0.2) is 0 Å². The molecule has 154 valence electrons. The average molecular weight is 377 g/mol. The van der Waals surface area contributed by atoms with Crippen LogP contribution in [0, 0.1) is 0 Å². The van der Waals surface area contributed by atoms with Crippen molar-refractivity contribution in [1.29, 1.82) is 0 Å². The highest BCUT2D eigenvalue weighted by molar-refractivity contribution is 5.65. The highest BCUT2D eigenvalue weighted by atomic mass is 16.6. The predicted molar refractivity (Wildman–Crippen MR) is 102 cm³/mol. The van der Waals surface area contributed by atoms with E-state index in [0.717, 1.165) is 38.5 Å². The minimum absolute atomic E-state index is 0.352. The first kappa shape index (κ1) is 24.5. The second-order valence-electron chi connectivity index (χ2n) is 8.35. The second-order valence-corrected chi connectivity index (χ2v) is 8.35. The van der Waals surface area contributed by atoms with Gasteiger partial charge in [0.25, 0.3) is 0 Å². The SMILES string of the molecule is C[N+](C)(C)NC(=O)OCCCCCCCCCCOC(=O)N[N+](C)(C)C. The number of carbonyl (C=O) groups excluding carboxylic acids is 2. The molecular formula is C18H40N4O4+2. The van der Waals surface area contributed by atoms with Gasteiger partial charge in [-0.05, 0) is 12.8 Å². The summed E-state index contributed by atoms with van der Waals surface area (Å²) >= 11 is 0. The van der Waals surface area contributed by atoms with Crippen LogP contribution in [0.2, 0.25) is 0 Å². The highest BCUT2D eigenvalue weighted by Gasteiger charge is 2.13. The van der Waals surface area contributed by atoms with Crippen LogP contribution >= 0.6 is 0 Å². The van der Waals surface area contributed by atoms with E-state index in [2.05, 4.69) is 10.9 Å². The van der Waals surface area contributed by atoms with E-state index in [1.54, 1.807) is 0 Å². The zero-order chi connectivity index (χ0) is 20.1. The number of quaternary nitrogens is 2. The van der Waals surface area contributed by atoms with E-state index in [0.29, 0.717) is 22.4 Å². The molecule has 0 aromatic heterocycles. The minimum Gasteiger partial charge on any atom is -0.446 e. The fourth-order valence-electron chi connectivity index (χ4n) is 2.21. The van der Waals surface area contributed by atoms with Crippen molar-refractivity contribution < 1.29 is 28.2 Å². The van der Waals surface area contributed by atoms with Gasteiger partial charge in [0, 0.05) is 0 Å². The third-order valence-corrected chi connectivity index (χ3v) is 3.36. The van der Waals surface area contributed by atoms with Crippen LogP contribution in [0.5, 0.6) is 0 Å². The monoisotopic (exact) mass is 376 g/mol. The van der Waals surface area contributed by atoms with Crippen molar-refractivity contribution in [1.82, 2.24) is 10.9 Å². The molecule has 26 heavy (non-hydrogen) atoms. The largest absolute Gasteiger partial charge is 0.451 e. The van der Waals surface area contributed by atoms with Gasteiger partial charge >= 0.3 is 12.2 Å². The minimum atomic E-state index is -0.366. The number of nitrogens with one attached hydrogen (secondary N) is 2. The molecule has 2 N–H and O–H groups in total. The summed E-state index contributed by atoms with van der Waals surface area (Å²) in [7, 11) is 11.2. The number of nitrogens with zero attached hydrogens (tertiary/aromatic N) is 2. The van der Waals surface area contributed by atoms with Crippen molar-refractivity contribution >= 4 is 12.2 Å². The average Bonchev–Trinajstić information content (AvgIpc) is 2.44. The molecule has 0 aliphatic heterocycles. The number of ether oxygens (including phenoxy) is 2. The Hall–Kier alpha value is -1.54. The maximum atomic E-state index is 11.4. The first-order valence-electron chi connectivity index (χ1n) is 9.52. The Morgan fingerprint density at radius 2 is 0.846 bits per heavy atom. The lowest BCUT2D eigenvalue weighted by Gasteiger charge is -2.22. The van der Waals surface area contributed by atoms with Gasteiger partial charge < -0.3 is 9.47 Å². The van der Waals surface area contributed by atoms with Gasteiger partial charge in [-0.2, -0.15) is 10.9 Å². The molecule has 8 nitrogen and oxygen atoms in total. The van der Waals surface area contributed by atoms with Crippen LogP contribution in [-0.2, 0) is 9.47 Å². The Kier molecular flexibility index (Phi) is 12.0. The number of carbonyl (C=O) groups is 2. The number of rotatable bonds is 13. The number of amides is 2. The van der Waals surface area contributed by atoms with Crippen LogP contribution in [0.3, 0.4) is 0 Å². The van der Waals surface area contributed by atoms with Crippen LogP contribution in [-0.4, -0.2) is 76.9 Å². The lowest BCUT2D eigenvalue weighted by molar-refractivity contribution is -0.906. The first-order chi connectivity index (χ1) is 12.0. The van der Waals surface area contributed by atoms with Crippen molar-refractivity contribution in [3.05, 3.63) is 0 Å². The van der Waals surface area contributed by atoms with Crippen molar-refractivity contribution in [2.24, 2.45) is 0 Å². The van der Waals surface area contributed by atoms with E-state index >= 15 is 0 Å². The molecule has 2 amide bonds. The van der Waals surface area contributed by atoms with Crippen molar-refractivity contribution in [3.63, 3.8) is 0 Å². The quantitative estimate of drug-likeness (QED) is 0.294. The number of unbranched alkanes of at least 4 members (excludes halogenated alkanes) is 7. The molecule has 0 unspecified atom stereocenters. The summed E-state index contributed by atoms with van der Waals surface area (Å²) < 4.78 is 11.0. The molecule has 0 aromatic carbocycles. The summed E-state index contributed by atoms with van der Waals surface area (Å²) in [4.78, 5) is 22.9.